The molecule has 1 amide bonds. The highest BCUT2D eigenvalue weighted by Gasteiger charge is 2.20. The lowest BCUT2D eigenvalue weighted by atomic mass is 10.2. The van der Waals surface area contributed by atoms with Crippen molar-refractivity contribution in [2.24, 2.45) is 0 Å². The highest BCUT2D eigenvalue weighted by atomic mass is 16.6. The predicted molar refractivity (Wildman–Crippen MR) is 182 cm³/mol. The Kier molecular flexibility index (Phi) is 14.9. The number of hydrogen-bond donors (Lipinski definition) is 1. The Balaban J connectivity index is 0.000000559. The number of likely N-dealkylation sites (N-methyl/N-ethyl adjacent to an activating group) is 1. The van der Waals surface area contributed by atoms with Crippen molar-refractivity contribution in [3.8, 4) is 0 Å². The maximum absolute atomic E-state index is 13.3. The van der Waals surface area contributed by atoms with Crippen LogP contribution in [0.2, 0.25) is 0 Å². The number of imidazole rings is 1. The smallest absolute Gasteiger partial charge is 0.334 e. The predicted octanol–water partition coefficient (Wildman–Crippen LogP) is 4.70. The summed E-state index contributed by atoms with van der Waals surface area (Å²) in [5.41, 5.74) is 10.0. The molecule has 11 nitrogen and oxygen atoms in total. The third kappa shape index (κ3) is 9.72. The van der Waals surface area contributed by atoms with Crippen LogP contribution in [0.4, 0.5) is 5.82 Å². The molecule has 4 aromatic rings. The van der Waals surface area contributed by atoms with E-state index in [1.54, 1.807) is 7.11 Å². The molecule has 0 saturated carbocycles. The number of carbonyl (C=O) groups excluding carboxylic acids is 2. The van der Waals surface area contributed by atoms with Gasteiger partial charge in [-0.1, -0.05) is 69.3 Å². The lowest BCUT2D eigenvalue weighted by Gasteiger charge is -2.27. The minimum absolute atomic E-state index is 0.154. The summed E-state index contributed by atoms with van der Waals surface area (Å²) in [5, 5.41) is 1.03. The molecule has 0 saturated heterocycles. The van der Waals surface area contributed by atoms with E-state index in [4.69, 9.17) is 20.2 Å². The van der Waals surface area contributed by atoms with Gasteiger partial charge in [-0.3, -0.25) is 9.69 Å². The van der Waals surface area contributed by atoms with Crippen molar-refractivity contribution < 1.29 is 23.8 Å². The molecule has 1 atom stereocenters. The second kappa shape index (κ2) is 18.8. The van der Waals surface area contributed by atoms with E-state index in [0.29, 0.717) is 51.4 Å². The Labute approximate surface area is 272 Å². The first-order chi connectivity index (χ1) is 22.3. The summed E-state index contributed by atoms with van der Waals surface area (Å²) < 4.78 is 16.8. The van der Waals surface area contributed by atoms with Crippen LogP contribution in [0.5, 0.6) is 0 Å². The molecule has 0 fully saturated rings. The summed E-state index contributed by atoms with van der Waals surface area (Å²) in [6.07, 6.45) is 1.73. The Bertz CT molecular complexity index is 1520. The molecule has 0 aliphatic carbocycles. The molecule has 0 radical (unpaired) electrons. The molecule has 4 rings (SSSR count). The van der Waals surface area contributed by atoms with Gasteiger partial charge in [0.2, 0.25) is 5.91 Å². The zero-order valence-electron chi connectivity index (χ0n) is 28.2. The summed E-state index contributed by atoms with van der Waals surface area (Å²) in [6, 6.07) is 18.2. The molecule has 0 aliphatic rings. The second-order valence-corrected chi connectivity index (χ2v) is 10.9. The fraction of sp³-hybridized carbons (Fsp3) is 0.486. The number of para-hydroxylation sites is 1. The van der Waals surface area contributed by atoms with E-state index < -0.39 is 6.10 Å². The number of methoxy groups -OCH3 is 3. The number of ether oxygens (including phenoxy) is 3. The number of fused-ring (bicyclic) bond motifs is 3. The van der Waals surface area contributed by atoms with Crippen LogP contribution >= 0.6 is 0 Å². The minimum atomic E-state index is -0.394. The van der Waals surface area contributed by atoms with Gasteiger partial charge in [0.05, 0.1) is 31.3 Å². The number of nitrogen functional groups attached to an aromatic ring is 1. The lowest BCUT2D eigenvalue weighted by Crippen LogP contribution is -2.40. The maximum atomic E-state index is 13.3. The van der Waals surface area contributed by atoms with Gasteiger partial charge in [0.25, 0.3) is 0 Å². The van der Waals surface area contributed by atoms with Gasteiger partial charge in [0.15, 0.2) is 11.9 Å². The molecular formula is C35H50N6O5. The van der Waals surface area contributed by atoms with Crippen LogP contribution < -0.4 is 5.73 Å². The largest absolute Gasteiger partial charge is 0.467 e. The first kappa shape index (κ1) is 36.4. The van der Waals surface area contributed by atoms with Crippen LogP contribution in [0, 0.1) is 0 Å². The molecule has 2 aromatic carbocycles. The number of esters is 1. The number of nitrogens with two attached hydrogens (primary N) is 1. The number of benzene rings is 2. The SMILES string of the molecule is CCC(OC)C(=O)OC.CCN(CC)CC(=O)N(CCCn1c(CCOC)nc2c(N)nc3ccccc3c21)Cc1ccccc1. The van der Waals surface area contributed by atoms with Crippen molar-refractivity contribution in [1.29, 1.82) is 0 Å². The average Bonchev–Trinajstić information content (AvgIpc) is 3.45. The lowest BCUT2D eigenvalue weighted by molar-refractivity contribution is -0.152. The van der Waals surface area contributed by atoms with E-state index in [-0.39, 0.29) is 11.9 Å². The molecule has 0 aliphatic heterocycles. The van der Waals surface area contributed by atoms with Crippen LogP contribution in [0.15, 0.2) is 54.6 Å². The van der Waals surface area contributed by atoms with E-state index in [9.17, 15) is 9.59 Å². The standard InChI is InChI=1S/C29H38N6O2.C6H12O3/c1-4-33(5-2)21-26(36)34(20-22-12-7-6-8-13-22)17-11-18-35-25(16-19-37-3)32-27-28(35)23-14-9-10-15-24(23)31-29(27)30;1-4-5(8-2)6(7)9-3/h6-10,12-15H,4-5,11,16-21H2,1-3H3,(H2,30,31);5H,4H2,1-3H3. The van der Waals surface area contributed by atoms with Crippen molar-refractivity contribution in [3.63, 3.8) is 0 Å². The third-order valence-corrected chi connectivity index (χ3v) is 7.97. The molecule has 1 unspecified atom stereocenters. The number of rotatable bonds is 16. The van der Waals surface area contributed by atoms with Gasteiger partial charge in [0, 0.05) is 45.7 Å². The first-order valence-corrected chi connectivity index (χ1v) is 16.0. The molecule has 2 aromatic heterocycles. The molecule has 250 valence electrons. The van der Waals surface area contributed by atoms with E-state index in [0.717, 1.165) is 52.8 Å². The van der Waals surface area contributed by atoms with Crippen molar-refractivity contribution in [3.05, 3.63) is 66.0 Å². The number of hydrogen-bond acceptors (Lipinski definition) is 9. The van der Waals surface area contributed by atoms with Crippen molar-refractivity contribution in [1.82, 2.24) is 24.3 Å². The van der Waals surface area contributed by atoms with E-state index >= 15 is 0 Å². The third-order valence-electron chi connectivity index (χ3n) is 7.97. The normalized spacial score (nSPS) is 11.8. The number of aromatic nitrogens is 3. The van der Waals surface area contributed by atoms with Gasteiger partial charge >= 0.3 is 5.97 Å². The summed E-state index contributed by atoms with van der Waals surface area (Å²) >= 11 is 0. The van der Waals surface area contributed by atoms with Gasteiger partial charge in [-0.2, -0.15) is 0 Å². The van der Waals surface area contributed by atoms with Crippen LogP contribution in [0.1, 0.15) is 45.0 Å². The molecule has 2 N–H and O–H groups in total. The van der Waals surface area contributed by atoms with Gasteiger partial charge in [-0.25, -0.2) is 14.8 Å². The van der Waals surface area contributed by atoms with Crippen molar-refractivity contribution in [2.75, 3.05) is 59.8 Å². The molecule has 2 heterocycles. The van der Waals surface area contributed by atoms with Gasteiger partial charge in [-0.15, -0.1) is 0 Å². The monoisotopic (exact) mass is 634 g/mol. The molecular weight excluding hydrogens is 584 g/mol. The Morgan fingerprint density at radius 1 is 0.957 bits per heavy atom. The molecule has 0 bridgehead atoms. The Morgan fingerprint density at radius 2 is 1.65 bits per heavy atom. The summed E-state index contributed by atoms with van der Waals surface area (Å²) in [6.45, 7) is 10.7. The fourth-order valence-corrected chi connectivity index (χ4v) is 5.34. The van der Waals surface area contributed by atoms with Gasteiger partial charge in [-0.05, 0) is 37.6 Å². The number of carbonyl (C=O) groups is 2. The number of amides is 1. The van der Waals surface area contributed by atoms with Crippen molar-refractivity contribution in [2.45, 2.75) is 59.2 Å². The van der Waals surface area contributed by atoms with Crippen LogP contribution in [0.25, 0.3) is 21.9 Å². The van der Waals surface area contributed by atoms with Crippen LogP contribution in [-0.4, -0.2) is 96.4 Å². The van der Waals surface area contributed by atoms with Gasteiger partial charge in [0.1, 0.15) is 11.3 Å². The zero-order chi connectivity index (χ0) is 33.5. The molecule has 11 heteroatoms. The molecule has 46 heavy (non-hydrogen) atoms. The number of nitrogens with zero attached hydrogens (tertiary/aromatic N) is 5. The second-order valence-electron chi connectivity index (χ2n) is 10.9. The van der Waals surface area contributed by atoms with E-state index in [1.165, 1.54) is 14.2 Å². The number of aryl methyl sites for hydroxylation is 1. The highest BCUT2D eigenvalue weighted by Crippen LogP contribution is 2.29. The number of anilines is 1. The quantitative estimate of drug-likeness (QED) is 0.175. The maximum Gasteiger partial charge on any atom is 0.334 e. The Hall–Kier alpha value is -4.06. The van der Waals surface area contributed by atoms with Crippen LogP contribution in [0.3, 0.4) is 0 Å². The fourth-order valence-electron chi connectivity index (χ4n) is 5.34. The Morgan fingerprint density at radius 3 is 2.26 bits per heavy atom. The van der Waals surface area contributed by atoms with E-state index in [1.807, 2.05) is 48.2 Å². The summed E-state index contributed by atoms with van der Waals surface area (Å²) in [7, 11) is 4.54. The van der Waals surface area contributed by atoms with E-state index in [2.05, 4.69) is 51.2 Å². The highest BCUT2D eigenvalue weighted by molar-refractivity contribution is 6.06. The van der Waals surface area contributed by atoms with Crippen molar-refractivity contribution >= 4 is 39.6 Å². The zero-order valence-corrected chi connectivity index (χ0v) is 28.2. The molecule has 0 spiro atoms. The summed E-state index contributed by atoms with van der Waals surface area (Å²) in [5.74, 6) is 1.21. The average molecular weight is 635 g/mol. The van der Waals surface area contributed by atoms with Gasteiger partial charge < -0.3 is 29.4 Å². The summed E-state index contributed by atoms with van der Waals surface area (Å²) in [4.78, 5) is 37.5. The van der Waals surface area contributed by atoms with Crippen LogP contribution in [-0.2, 0) is 43.3 Å². The first-order valence-electron chi connectivity index (χ1n) is 16.0. The topological polar surface area (TPSA) is 125 Å². The number of pyridine rings is 1. The minimum Gasteiger partial charge on any atom is -0.467 e.